The minimum Gasteiger partial charge on any atom is -0.480 e. The van der Waals surface area contributed by atoms with Crippen LogP contribution in [0, 0.1) is 5.92 Å². The summed E-state index contributed by atoms with van der Waals surface area (Å²) in [6.07, 6.45) is 1.68. The summed E-state index contributed by atoms with van der Waals surface area (Å²) in [6.45, 7) is 4.27. The monoisotopic (exact) mass is 247 g/mol. The summed E-state index contributed by atoms with van der Waals surface area (Å²) in [5.74, 6) is -0.779. The van der Waals surface area contributed by atoms with Crippen LogP contribution in [0.25, 0.3) is 11.0 Å². The molecule has 2 N–H and O–H groups in total. The smallest absolute Gasteiger partial charge is 0.320 e. The van der Waals surface area contributed by atoms with Crippen molar-refractivity contribution >= 4 is 16.9 Å². The molecule has 4 nitrogen and oxygen atoms in total. The molecule has 1 aromatic carbocycles. The average Bonchev–Trinajstić information content (AvgIpc) is 2.72. The van der Waals surface area contributed by atoms with Gasteiger partial charge in [-0.2, -0.15) is 0 Å². The second-order valence-corrected chi connectivity index (χ2v) is 4.70. The molecule has 0 spiro atoms. The molecule has 0 amide bonds. The number of benzene rings is 1. The molecular formula is C14H17NO3. The summed E-state index contributed by atoms with van der Waals surface area (Å²) in [5, 5.41) is 13.2. The Bertz CT molecular complexity index is 545. The minimum atomic E-state index is -0.821. The number of hydrogen-bond donors (Lipinski definition) is 2. The molecule has 1 heterocycles. The maximum atomic E-state index is 11.1. The number of hydrogen-bond acceptors (Lipinski definition) is 3. The van der Waals surface area contributed by atoms with Crippen molar-refractivity contribution in [3.05, 3.63) is 36.1 Å². The van der Waals surface area contributed by atoms with Gasteiger partial charge in [0.25, 0.3) is 0 Å². The van der Waals surface area contributed by atoms with Gasteiger partial charge >= 0.3 is 5.97 Å². The molecule has 1 aromatic heterocycles. The van der Waals surface area contributed by atoms with Gasteiger partial charge in [0.1, 0.15) is 11.6 Å². The van der Waals surface area contributed by atoms with E-state index in [1.165, 1.54) is 0 Å². The first-order chi connectivity index (χ1) is 8.59. The first kappa shape index (κ1) is 12.6. The first-order valence-corrected chi connectivity index (χ1v) is 6.01. The summed E-state index contributed by atoms with van der Waals surface area (Å²) in [6, 6.07) is 7.19. The first-order valence-electron chi connectivity index (χ1n) is 6.01. The lowest BCUT2D eigenvalue weighted by Gasteiger charge is -2.17. The van der Waals surface area contributed by atoms with E-state index >= 15 is 0 Å². The van der Waals surface area contributed by atoms with Crippen LogP contribution in [-0.2, 0) is 11.3 Å². The molecule has 0 aliphatic carbocycles. The van der Waals surface area contributed by atoms with Gasteiger partial charge in [0, 0.05) is 17.5 Å². The molecule has 4 heteroatoms. The van der Waals surface area contributed by atoms with Crippen molar-refractivity contribution in [1.29, 1.82) is 0 Å². The second kappa shape index (κ2) is 5.23. The molecule has 18 heavy (non-hydrogen) atoms. The van der Waals surface area contributed by atoms with E-state index in [1.807, 2.05) is 38.1 Å². The molecule has 0 bridgehead atoms. The molecule has 0 saturated heterocycles. The largest absolute Gasteiger partial charge is 0.480 e. The Morgan fingerprint density at radius 3 is 2.78 bits per heavy atom. The fourth-order valence-electron chi connectivity index (χ4n) is 2.00. The van der Waals surface area contributed by atoms with Gasteiger partial charge in [0.05, 0.1) is 6.26 Å². The fraction of sp³-hybridized carbons (Fsp3) is 0.357. The Labute approximate surface area is 106 Å². The number of furan rings is 1. The predicted octanol–water partition coefficient (Wildman–Crippen LogP) is 2.63. The molecule has 2 aromatic rings. The number of carbonyl (C=O) groups is 1. The molecule has 1 unspecified atom stereocenters. The van der Waals surface area contributed by atoms with Gasteiger partial charge < -0.3 is 9.52 Å². The summed E-state index contributed by atoms with van der Waals surface area (Å²) in [5.41, 5.74) is 1.81. The summed E-state index contributed by atoms with van der Waals surface area (Å²) < 4.78 is 5.41. The number of nitrogens with one attached hydrogen (secondary N) is 1. The van der Waals surface area contributed by atoms with Crippen molar-refractivity contribution in [3.8, 4) is 0 Å². The average molecular weight is 247 g/mol. The van der Waals surface area contributed by atoms with Crippen LogP contribution < -0.4 is 5.32 Å². The van der Waals surface area contributed by atoms with Gasteiger partial charge in [-0.25, -0.2) is 0 Å². The highest BCUT2D eigenvalue weighted by molar-refractivity contribution is 5.81. The fourth-order valence-corrected chi connectivity index (χ4v) is 2.00. The van der Waals surface area contributed by atoms with E-state index in [0.717, 1.165) is 16.5 Å². The summed E-state index contributed by atoms with van der Waals surface area (Å²) in [7, 11) is 0. The quantitative estimate of drug-likeness (QED) is 0.852. The maximum Gasteiger partial charge on any atom is 0.320 e. The number of rotatable bonds is 5. The van der Waals surface area contributed by atoms with Crippen LogP contribution in [0.4, 0.5) is 0 Å². The predicted molar refractivity (Wildman–Crippen MR) is 69.3 cm³/mol. The van der Waals surface area contributed by atoms with Crippen molar-refractivity contribution in [2.75, 3.05) is 0 Å². The Morgan fingerprint density at radius 1 is 1.39 bits per heavy atom. The molecule has 0 aliphatic rings. The zero-order valence-electron chi connectivity index (χ0n) is 10.5. The van der Waals surface area contributed by atoms with Crippen molar-refractivity contribution in [3.63, 3.8) is 0 Å². The number of carboxylic acids is 1. The van der Waals surface area contributed by atoms with E-state index in [0.29, 0.717) is 6.54 Å². The molecular weight excluding hydrogens is 230 g/mol. The van der Waals surface area contributed by atoms with Crippen LogP contribution >= 0.6 is 0 Å². The molecule has 0 saturated carbocycles. The van der Waals surface area contributed by atoms with E-state index in [-0.39, 0.29) is 5.92 Å². The number of aliphatic carboxylic acids is 1. The molecule has 0 aliphatic heterocycles. The van der Waals surface area contributed by atoms with Gasteiger partial charge in [-0.3, -0.25) is 10.1 Å². The van der Waals surface area contributed by atoms with Gasteiger partial charge in [-0.15, -0.1) is 0 Å². The second-order valence-electron chi connectivity index (χ2n) is 4.70. The van der Waals surface area contributed by atoms with Crippen LogP contribution in [0.5, 0.6) is 0 Å². The van der Waals surface area contributed by atoms with Crippen LogP contribution in [0.3, 0.4) is 0 Å². The SMILES string of the molecule is CC(C)C(NCc1coc2ccccc12)C(=O)O. The van der Waals surface area contributed by atoms with Crippen molar-refractivity contribution in [2.24, 2.45) is 5.92 Å². The van der Waals surface area contributed by atoms with Crippen molar-refractivity contribution in [2.45, 2.75) is 26.4 Å². The zero-order valence-corrected chi connectivity index (χ0v) is 10.5. The topological polar surface area (TPSA) is 62.5 Å². The van der Waals surface area contributed by atoms with Gasteiger partial charge in [-0.05, 0) is 12.0 Å². The van der Waals surface area contributed by atoms with Gasteiger partial charge in [0.15, 0.2) is 0 Å². The summed E-state index contributed by atoms with van der Waals surface area (Å²) >= 11 is 0. The van der Waals surface area contributed by atoms with Crippen LogP contribution in [0.15, 0.2) is 34.9 Å². The number of fused-ring (bicyclic) bond motifs is 1. The van der Waals surface area contributed by atoms with E-state index in [1.54, 1.807) is 6.26 Å². The zero-order chi connectivity index (χ0) is 13.1. The molecule has 1 atom stereocenters. The normalized spacial score (nSPS) is 13.1. The lowest BCUT2D eigenvalue weighted by molar-refractivity contribution is -0.140. The Morgan fingerprint density at radius 2 is 2.11 bits per heavy atom. The molecule has 0 fully saturated rings. The number of para-hydroxylation sites is 1. The minimum absolute atomic E-state index is 0.0423. The third kappa shape index (κ3) is 2.54. The standard InChI is InChI=1S/C14H17NO3/c1-9(2)13(14(16)17)15-7-10-8-18-12-6-4-3-5-11(10)12/h3-6,8-9,13,15H,7H2,1-2H3,(H,16,17). The van der Waals surface area contributed by atoms with Gasteiger partial charge in [-0.1, -0.05) is 32.0 Å². The van der Waals surface area contributed by atoms with Gasteiger partial charge in [0.2, 0.25) is 0 Å². The van der Waals surface area contributed by atoms with E-state index < -0.39 is 12.0 Å². The van der Waals surface area contributed by atoms with E-state index in [2.05, 4.69) is 5.32 Å². The maximum absolute atomic E-state index is 11.1. The van der Waals surface area contributed by atoms with E-state index in [9.17, 15) is 4.79 Å². The summed E-state index contributed by atoms with van der Waals surface area (Å²) in [4.78, 5) is 11.1. The highest BCUT2D eigenvalue weighted by Crippen LogP contribution is 2.20. The number of carboxylic acid groups (broad SMARTS) is 1. The molecule has 0 radical (unpaired) electrons. The third-order valence-corrected chi connectivity index (χ3v) is 3.01. The van der Waals surface area contributed by atoms with Crippen molar-refractivity contribution < 1.29 is 14.3 Å². The van der Waals surface area contributed by atoms with Crippen molar-refractivity contribution in [1.82, 2.24) is 5.32 Å². The third-order valence-electron chi connectivity index (χ3n) is 3.01. The molecule has 96 valence electrons. The highest BCUT2D eigenvalue weighted by atomic mass is 16.4. The highest BCUT2D eigenvalue weighted by Gasteiger charge is 2.20. The Kier molecular flexibility index (Phi) is 3.67. The Balaban J connectivity index is 2.12. The van der Waals surface area contributed by atoms with Crippen LogP contribution in [0.1, 0.15) is 19.4 Å². The van der Waals surface area contributed by atoms with E-state index in [4.69, 9.17) is 9.52 Å². The lowest BCUT2D eigenvalue weighted by atomic mass is 10.0. The lowest BCUT2D eigenvalue weighted by Crippen LogP contribution is -2.40. The van der Waals surface area contributed by atoms with Crippen LogP contribution in [0.2, 0.25) is 0 Å². The van der Waals surface area contributed by atoms with Crippen LogP contribution in [-0.4, -0.2) is 17.1 Å². The Hall–Kier alpha value is -1.81. The molecule has 2 rings (SSSR count).